The molecule has 1 saturated heterocycles. The fourth-order valence-electron chi connectivity index (χ4n) is 3.18. The molecule has 2 N–H and O–H groups in total. The molecule has 4 heterocycles. The maximum atomic E-state index is 8.00. The van der Waals surface area contributed by atoms with E-state index in [-0.39, 0.29) is 0 Å². The number of pyridine rings is 1. The number of hydrogen-bond donors (Lipinski definition) is 1. The van der Waals surface area contributed by atoms with E-state index < -0.39 is 0 Å². The molecule has 1 aliphatic rings. The van der Waals surface area contributed by atoms with E-state index in [0.29, 0.717) is 11.9 Å². The first-order valence-electron chi connectivity index (χ1n) is 8.89. The summed E-state index contributed by atoms with van der Waals surface area (Å²) in [6.45, 7) is 3.82. The summed E-state index contributed by atoms with van der Waals surface area (Å²) in [7, 11) is 1.77. The van der Waals surface area contributed by atoms with Gasteiger partial charge in [0.25, 0.3) is 0 Å². The Morgan fingerprint density at radius 3 is 2.54 bits per heavy atom. The molecule has 0 radical (unpaired) electrons. The number of carbonyl (C=O) groups excluding carboxylic acids is 1. The second kappa shape index (κ2) is 9.05. The number of rotatable bonds is 4. The fourth-order valence-corrected chi connectivity index (χ4v) is 3.18. The van der Waals surface area contributed by atoms with Crippen LogP contribution >= 0.6 is 0 Å². The lowest BCUT2D eigenvalue weighted by Gasteiger charge is -2.31. The van der Waals surface area contributed by atoms with E-state index in [4.69, 9.17) is 20.4 Å². The van der Waals surface area contributed by atoms with Crippen LogP contribution in [0.3, 0.4) is 0 Å². The lowest BCUT2D eigenvalue weighted by Crippen LogP contribution is -2.36. The van der Waals surface area contributed by atoms with Gasteiger partial charge >= 0.3 is 0 Å². The first kappa shape index (κ1) is 19.4. The van der Waals surface area contributed by atoms with Crippen LogP contribution in [-0.4, -0.2) is 57.8 Å². The highest BCUT2D eigenvalue weighted by Gasteiger charge is 2.23. The third-order valence-corrected chi connectivity index (χ3v) is 4.64. The minimum atomic E-state index is 0.328. The molecule has 0 saturated carbocycles. The van der Waals surface area contributed by atoms with Crippen LogP contribution < -0.4 is 10.6 Å². The number of nitrogen functional groups attached to an aromatic ring is 1. The Labute approximate surface area is 163 Å². The summed E-state index contributed by atoms with van der Waals surface area (Å²) >= 11 is 0. The molecule has 9 heteroatoms. The molecule has 9 nitrogen and oxygen atoms in total. The number of nitrogens with zero attached hydrogens (tertiary/aromatic N) is 6. The van der Waals surface area contributed by atoms with Crippen molar-refractivity contribution in [3.05, 3.63) is 43.0 Å². The smallest absolute Gasteiger partial charge is 0.151 e. The van der Waals surface area contributed by atoms with Crippen molar-refractivity contribution in [2.45, 2.75) is 18.9 Å². The first-order valence-corrected chi connectivity index (χ1v) is 8.89. The molecule has 0 bridgehead atoms. The van der Waals surface area contributed by atoms with E-state index in [0.717, 1.165) is 48.8 Å². The third kappa shape index (κ3) is 4.15. The van der Waals surface area contributed by atoms with Gasteiger partial charge in [0.15, 0.2) is 5.82 Å². The second-order valence-electron chi connectivity index (χ2n) is 6.25. The first-order chi connectivity index (χ1) is 13.7. The van der Waals surface area contributed by atoms with Gasteiger partial charge in [-0.15, -0.1) is 5.10 Å². The quantitative estimate of drug-likeness (QED) is 0.727. The highest BCUT2D eigenvalue weighted by Crippen LogP contribution is 2.28. The minimum Gasteiger partial charge on any atom is -0.384 e. The van der Waals surface area contributed by atoms with Crippen molar-refractivity contribution in [1.29, 1.82) is 0 Å². The van der Waals surface area contributed by atoms with Gasteiger partial charge in [-0.05, 0) is 25.0 Å². The highest BCUT2D eigenvalue weighted by molar-refractivity contribution is 5.62. The van der Waals surface area contributed by atoms with E-state index in [1.54, 1.807) is 38.0 Å². The molecule has 1 fully saturated rings. The molecule has 0 unspecified atom stereocenters. The molecule has 0 aliphatic carbocycles. The van der Waals surface area contributed by atoms with E-state index in [9.17, 15) is 0 Å². The van der Waals surface area contributed by atoms with Crippen molar-refractivity contribution in [3.8, 4) is 17.1 Å². The number of methoxy groups -OCH3 is 1. The highest BCUT2D eigenvalue weighted by atomic mass is 16.5. The zero-order valence-corrected chi connectivity index (χ0v) is 15.7. The summed E-state index contributed by atoms with van der Waals surface area (Å²) in [4.78, 5) is 23.1. The van der Waals surface area contributed by atoms with E-state index in [1.807, 2.05) is 23.6 Å². The molecular weight excluding hydrogens is 358 g/mol. The Morgan fingerprint density at radius 2 is 1.93 bits per heavy atom. The predicted octanol–water partition coefficient (Wildman–Crippen LogP) is 1.74. The molecular formula is C19H23N7O2. The molecule has 0 spiro atoms. The molecule has 3 aromatic heterocycles. The largest absolute Gasteiger partial charge is 0.384 e. The summed E-state index contributed by atoms with van der Waals surface area (Å²) in [5.41, 5.74) is 8.18. The topological polar surface area (TPSA) is 112 Å². The summed E-state index contributed by atoms with van der Waals surface area (Å²) < 4.78 is 7.30. The van der Waals surface area contributed by atoms with Crippen LogP contribution in [0, 0.1) is 0 Å². The van der Waals surface area contributed by atoms with Gasteiger partial charge in [-0.25, -0.2) is 9.67 Å². The maximum Gasteiger partial charge on any atom is 0.151 e. The minimum absolute atomic E-state index is 0.328. The molecule has 3 aromatic rings. The zero-order valence-electron chi connectivity index (χ0n) is 15.7. The fraction of sp³-hybridized carbons (Fsp3) is 0.316. The Bertz CT molecular complexity index is 875. The molecule has 0 amide bonds. The molecule has 28 heavy (non-hydrogen) atoms. The lowest BCUT2D eigenvalue weighted by molar-refractivity contribution is -0.0979. The lowest BCUT2D eigenvalue weighted by atomic mass is 10.1. The second-order valence-corrected chi connectivity index (χ2v) is 6.25. The summed E-state index contributed by atoms with van der Waals surface area (Å²) in [5.74, 6) is 1.39. The number of aromatic nitrogens is 5. The molecule has 0 aromatic carbocycles. The van der Waals surface area contributed by atoms with Crippen molar-refractivity contribution >= 4 is 18.4 Å². The van der Waals surface area contributed by atoms with E-state index in [2.05, 4.69) is 19.9 Å². The van der Waals surface area contributed by atoms with Crippen molar-refractivity contribution in [2.24, 2.45) is 0 Å². The van der Waals surface area contributed by atoms with Crippen molar-refractivity contribution in [2.75, 3.05) is 30.8 Å². The number of piperidine rings is 1. The molecule has 4 rings (SSSR count). The Morgan fingerprint density at radius 1 is 1.14 bits per heavy atom. The normalized spacial score (nSPS) is 14.4. The van der Waals surface area contributed by atoms with Gasteiger partial charge in [-0.1, -0.05) is 0 Å². The van der Waals surface area contributed by atoms with Crippen molar-refractivity contribution in [3.63, 3.8) is 0 Å². The molecule has 146 valence electrons. The van der Waals surface area contributed by atoms with Crippen LogP contribution in [0.4, 0.5) is 11.6 Å². The maximum absolute atomic E-state index is 8.00. The summed E-state index contributed by atoms with van der Waals surface area (Å²) in [6.07, 6.45) is 9.10. The number of nitrogens with two attached hydrogens (primary N) is 1. The van der Waals surface area contributed by atoms with Crippen LogP contribution in [0.25, 0.3) is 17.1 Å². The van der Waals surface area contributed by atoms with Gasteiger partial charge in [-0.3, -0.25) is 9.97 Å². The van der Waals surface area contributed by atoms with Gasteiger partial charge in [0.2, 0.25) is 0 Å². The molecule has 1 aliphatic heterocycles. The number of hydrogen-bond acceptors (Lipinski definition) is 8. The standard InChI is InChI=1S/C18H21N7O.CH2O/c1-26-14-4-8-24(9-5-14)18-10-16(15-12-20-6-7-21-15)25(23-18)13-2-3-17(19)22-11-13;1-2/h2-3,6-7,10-12,14H,4-5,8-9H2,1H3,(H2,19,22);1H2. The Balaban J connectivity index is 0.00000109. The number of ether oxygens (including phenoxy) is 1. The average molecular weight is 381 g/mol. The van der Waals surface area contributed by atoms with Crippen molar-refractivity contribution < 1.29 is 9.53 Å². The SMILES string of the molecule is C=O.COC1CCN(c2cc(-c3cnccn3)n(-c3ccc(N)nc3)n2)CC1. The van der Waals surface area contributed by atoms with Crippen LogP contribution in [0.15, 0.2) is 43.0 Å². The van der Waals surface area contributed by atoms with E-state index in [1.165, 1.54) is 0 Å². The van der Waals surface area contributed by atoms with Gasteiger partial charge in [0.05, 0.1) is 29.9 Å². The third-order valence-electron chi connectivity index (χ3n) is 4.64. The Kier molecular flexibility index (Phi) is 6.28. The summed E-state index contributed by atoms with van der Waals surface area (Å²) in [6, 6.07) is 5.71. The van der Waals surface area contributed by atoms with Gasteiger partial charge in [0, 0.05) is 38.7 Å². The van der Waals surface area contributed by atoms with Crippen LogP contribution in [0.2, 0.25) is 0 Å². The van der Waals surface area contributed by atoms with Gasteiger partial charge < -0.3 is 20.2 Å². The van der Waals surface area contributed by atoms with Crippen molar-refractivity contribution in [1.82, 2.24) is 24.7 Å². The number of anilines is 2. The average Bonchev–Trinajstić information content (AvgIpc) is 3.22. The monoisotopic (exact) mass is 381 g/mol. The zero-order chi connectivity index (χ0) is 19.9. The molecule has 0 atom stereocenters. The number of carbonyl (C=O) groups is 1. The predicted molar refractivity (Wildman–Crippen MR) is 106 cm³/mol. The summed E-state index contributed by atoms with van der Waals surface area (Å²) in [5, 5.41) is 4.81. The van der Waals surface area contributed by atoms with Crippen LogP contribution in [0.5, 0.6) is 0 Å². The van der Waals surface area contributed by atoms with E-state index >= 15 is 0 Å². The Hall–Kier alpha value is -3.33. The van der Waals surface area contributed by atoms with Gasteiger partial charge in [-0.2, -0.15) is 0 Å². The van der Waals surface area contributed by atoms with Gasteiger partial charge in [0.1, 0.15) is 18.3 Å². The van der Waals surface area contributed by atoms with Crippen LogP contribution in [-0.2, 0) is 9.53 Å². The van der Waals surface area contributed by atoms with Crippen LogP contribution in [0.1, 0.15) is 12.8 Å².